The van der Waals surface area contributed by atoms with E-state index in [4.69, 9.17) is 5.11 Å². The molecule has 2 aliphatic carbocycles. The molecule has 16 heavy (non-hydrogen) atoms. The van der Waals surface area contributed by atoms with Gasteiger partial charge in [0.2, 0.25) is 0 Å². The standard InChI is InChI=1S/C14H22O2/c1-9-4-5-12-8-11(13(15)16)6-7-14(12,3)10(9)2/h5,9-11H,4,6-8H2,1-3H3,(H,15,16)/t9-,10?,11-,14+/m0/s1. The van der Waals surface area contributed by atoms with Gasteiger partial charge in [0, 0.05) is 0 Å². The van der Waals surface area contributed by atoms with Crippen molar-refractivity contribution in [2.24, 2.45) is 23.2 Å². The van der Waals surface area contributed by atoms with Gasteiger partial charge in [-0.3, -0.25) is 4.79 Å². The third-order valence-corrected chi connectivity index (χ3v) is 5.16. The SMILES string of the molecule is CC1[C@@H](C)CC=C2C[C@@H](C(=O)O)CC[C@@]21C. The fourth-order valence-corrected chi connectivity index (χ4v) is 3.44. The summed E-state index contributed by atoms with van der Waals surface area (Å²) in [6, 6.07) is 0. The molecule has 1 N–H and O–H groups in total. The monoisotopic (exact) mass is 222 g/mol. The van der Waals surface area contributed by atoms with Gasteiger partial charge in [0.15, 0.2) is 0 Å². The largest absolute Gasteiger partial charge is 0.481 e. The zero-order chi connectivity index (χ0) is 11.9. The number of hydrogen-bond donors (Lipinski definition) is 1. The minimum absolute atomic E-state index is 0.139. The molecule has 4 atom stereocenters. The predicted molar refractivity (Wildman–Crippen MR) is 64.1 cm³/mol. The molecule has 0 saturated heterocycles. The number of carbonyl (C=O) groups is 1. The molecule has 1 unspecified atom stereocenters. The molecule has 1 fully saturated rings. The van der Waals surface area contributed by atoms with Gasteiger partial charge in [0.1, 0.15) is 0 Å². The van der Waals surface area contributed by atoms with Crippen molar-refractivity contribution < 1.29 is 9.90 Å². The molecular formula is C14H22O2. The first kappa shape index (κ1) is 11.7. The molecule has 0 radical (unpaired) electrons. The van der Waals surface area contributed by atoms with Crippen molar-refractivity contribution in [3.63, 3.8) is 0 Å². The molecule has 0 amide bonds. The normalized spacial score (nSPS) is 43.4. The quantitative estimate of drug-likeness (QED) is 0.690. The van der Waals surface area contributed by atoms with Crippen molar-refractivity contribution >= 4 is 5.97 Å². The highest BCUT2D eigenvalue weighted by Gasteiger charge is 2.44. The minimum Gasteiger partial charge on any atom is -0.481 e. The van der Waals surface area contributed by atoms with E-state index in [0.29, 0.717) is 5.92 Å². The molecule has 0 spiro atoms. The lowest BCUT2D eigenvalue weighted by atomic mass is 9.56. The van der Waals surface area contributed by atoms with Crippen LogP contribution >= 0.6 is 0 Å². The Morgan fingerprint density at radius 2 is 2.19 bits per heavy atom. The second kappa shape index (κ2) is 3.90. The molecule has 0 aromatic carbocycles. The number of rotatable bonds is 1. The van der Waals surface area contributed by atoms with E-state index in [0.717, 1.165) is 31.6 Å². The second-order valence-electron chi connectivity index (χ2n) is 5.93. The maximum Gasteiger partial charge on any atom is 0.306 e. The average molecular weight is 222 g/mol. The maximum atomic E-state index is 11.1. The van der Waals surface area contributed by atoms with Crippen LogP contribution in [0.2, 0.25) is 0 Å². The van der Waals surface area contributed by atoms with Gasteiger partial charge in [-0.05, 0) is 42.9 Å². The lowest BCUT2D eigenvalue weighted by molar-refractivity contribution is -0.143. The first-order valence-electron chi connectivity index (χ1n) is 6.37. The number of aliphatic carboxylic acids is 1. The molecule has 2 rings (SSSR count). The van der Waals surface area contributed by atoms with Crippen LogP contribution in [0.3, 0.4) is 0 Å². The topological polar surface area (TPSA) is 37.3 Å². The van der Waals surface area contributed by atoms with Crippen LogP contribution in [0.5, 0.6) is 0 Å². The Morgan fingerprint density at radius 3 is 2.81 bits per heavy atom. The fraction of sp³-hybridized carbons (Fsp3) is 0.786. The Hall–Kier alpha value is -0.790. The molecule has 0 bridgehead atoms. The third kappa shape index (κ3) is 1.68. The van der Waals surface area contributed by atoms with E-state index in [1.54, 1.807) is 0 Å². The van der Waals surface area contributed by atoms with E-state index in [1.165, 1.54) is 5.57 Å². The van der Waals surface area contributed by atoms with Crippen LogP contribution in [0.1, 0.15) is 46.5 Å². The zero-order valence-electron chi connectivity index (χ0n) is 10.5. The van der Waals surface area contributed by atoms with Crippen molar-refractivity contribution in [2.45, 2.75) is 46.5 Å². The third-order valence-electron chi connectivity index (χ3n) is 5.16. The van der Waals surface area contributed by atoms with E-state index in [-0.39, 0.29) is 11.3 Å². The lowest BCUT2D eigenvalue weighted by Gasteiger charge is -2.48. The van der Waals surface area contributed by atoms with Gasteiger partial charge in [-0.2, -0.15) is 0 Å². The minimum atomic E-state index is -0.616. The van der Waals surface area contributed by atoms with Crippen LogP contribution < -0.4 is 0 Å². The number of fused-ring (bicyclic) bond motifs is 1. The van der Waals surface area contributed by atoms with E-state index >= 15 is 0 Å². The van der Waals surface area contributed by atoms with Gasteiger partial charge < -0.3 is 5.11 Å². The smallest absolute Gasteiger partial charge is 0.306 e. The van der Waals surface area contributed by atoms with Gasteiger partial charge >= 0.3 is 5.97 Å². The van der Waals surface area contributed by atoms with E-state index < -0.39 is 5.97 Å². The van der Waals surface area contributed by atoms with Gasteiger partial charge in [-0.1, -0.05) is 32.4 Å². The van der Waals surface area contributed by atoms with Gasteiger partial charge in [0.25, 0.3) is 0 Å². The fourth-order valence-electron chi connectivity index (χ4n) is 3.44. The maximum absolute atomic E-state index is 11.1. The van der Waals surface area contributed by atoms with Crippen LogP contribution in [-0.2, 0) is 4.79 Å². The van der Waals surface area contributed by atoms with Gasteiger partial charge in [-0.15, -0.1) is 0 Å². The summed E-state index contributed by atoms with van der Waals surface area (Å²) in [4.78, 5) is 11.1. The molecule has 90 valence electrons. The summed E-state index contributed by atoms with van der Waals surface area (Å²) < 4.78 is 0. The zero-order valence-corrected chi connectivity index (χ0v) is 10.5. The summed E-state index contributed by atoms with van der Waals surface area (Å²) in [7, 11) is 0. The molecule has 0 aromatic heterocycles. The summed E-state index contributed by atoms with van der Waals surface area (Å²) in [6.07, 6.45) is 6.11. The first-order valence-corrected chi connectivity index (χ1v) is 6.37. The molecule has 1 saturated carbocycles. The van der Waals surface area contributed by atoms with Crippen LogP contribution in [0.15, 0.2) is 11.6 Å². The number of carboxylic acid groups (broad SMARTS) is 1. The summed E-state index contributed by atoms with van der Waals surface area (Å²) in [5, 5.41) is 9.10. The number of carboxylic acids is 1. The summed E-state index contributed by atoms with van der Waals surface area (Å²) in [5.41, 5.74) is 1.68. The first-order chi connectivity index (χ1) is 7.45. The molecule has 2 nitrogen and oxygen atoms in total. The Labute approximate surface area is 97.7 Å². The van der Waals surface area contributed by atoms with Gasteiger partial charge in [0.05, 0.1) is 5.92 Å². The number of hydrogen-bond acceptors (Lipinski definition) is 1. The van der Waals surface area contributed by atoms with Crippen molar-refractivity contribution in [2.75, 3.05) is 0 Å². The van der Waals surface area contributed by atoms with Crippen LogP contribution in [0.4, 0.5) is 0 Å². The highest BCUT2D eigenvalue weighted by Crippen LogP contribution is 2.53. The molecule has 0 heterocycles. The molecule has 0 aliphatic heterocycles. The average Bonchev–Trinajstić information content (AvgIpc) is 2.24. The molecule has 2 heteroatoms. The van der Waals surface area contributed by atoms with Gasteiger partial charge in [-0.25, -0.2) is 0 Å². The van der Waals surface area contributed by atoms with E-state index in [1.807, 2.05) is 0 Å². The molecule has 2 aliphatic rings. The summed E-state index contributed by atoms with van der Waals surface area (Å²) >= 11 is 0. The Bertz CT molecular complexity index is 332. The Kier molecular flexibility index (Phi) is 2.85. The predicted octanol–water partition coefficient (Wildman–Crippen LogP) is 3.48. The summed E-state index contributed by atoms with van der Waals surface area (Å²) in [6.45, 7) is 6.97. The molecular weight excluding hydrogens is 200 g/mol. The Morgan fingerprint density at radius 1 is 1.50 bits per heavy atom. The van der Waals surface area contributed by atoms with Crippen molar-refractivity contribution in [1.29, 1.82) is 0 Å². The van der Waals surface area contributed by atoms with Crippen LogP contribution in [0.25, 0.3) is 0 Å². The van der Waals surface area contributed by atoms with Crippen LogP contribution in [-0.4, -0.2) is 11.1 Å². The Balaban J connectivity index is 2.24. The van der Waals surface area contributed by atoms with E-state index in [2.05, 4.69) is 26.8 Å². The summed E-state index contributed by atoms with van der Waals surface area (Å²) in [5.74, 6) is 0.659. The van der Waals surface area contributed by atoms with Crippen molar-refractivity contribution in [1.82, 2.24) is 0 Å². The highest BCUT2D eigenvalue weighted by atomic mass is 16.4. The van der Waals surface area contributed by atoms with Crippen molar-refractivity contribution in [3.8, 4) is 0 Å². The number of allylic oxidation sites excluding steroid dienone is 2. The highest BCUT2D eigenvalue weighted by molar-refractivity contribution is 5.70. The van der Waals surface area contributed by atoms with Crippen molar-refractivity contribution in [3.05, 3.63) is 11.6 Å². The lowest BCUT2D eigenvalue weighted by Crippen LogP contribution is -2.40. The second-order valence-corrected chi connectivity index (χ2v) is 5.93. The molecule has 0 aromatic rings. The van der Waals surface area contributed by atoms with E-state index in [9.17, 15) is 4.79 Å². The van der Waals surface area contributed by atoms with Crippen LogP contribution in [0, 0.1) is 23.2 Å².